The molecule has 2 heterocycles. The van der Waals surface area contributed by atoms with E-state index in [1.165, 1.54) is 6.07 Å². The standard InChI is InChI=1S/C18H24F4N2O4S/c1-29(25,26)23-9-14-4-5-17(28-14)11-24(6-7-27-12-17)10-13-2-3-15(16(19)8-13)18(20,21)22/h2-3,8,14,23H,4-7,9-12H2,1H3/t14-,17+/m1/s1. The molecule has 0 unspecified atom stereocenters. The Morgan fingerprint density at radius 2 is 2.10 bits per heavy atom. The van der Waals surface area contributed by atoms with Crippen molar-refractivity contribution >= 4 is 10.0 Å². The van der Waals surface area contributed by atoms with E-state index in [0.717, 1.165) is 18.4 Å². The van der Waals surface area contributed by atoms with Crippen LogP contribution in [0.25, 0.3) is 0 Å². The van der Waals surface area contributed by atoms with Crippen LogP contribution in [0.5, 0.6) is 0 Å². The lowest BCUT2D eigenvalue weighted by Crippen LogP contribution is -2.45. The van der Waals surface area contributed by atoms with E-state index < -0.39 is 33.2 Å². The van der Waals surface area contributed by atoms with Gasteiger partial charge in [0.1, 0.15) is 11.4 Å². The third-order valence-corrected chi connectivity index (χ3v) is 5.78. The molecule has 29 heavy (non-hydrogen) atoms. The summed E-state index contributed by atoms with van der Waals surface area (Å²) in [5.74, 6) is -1.29. The van der Waals surface area contributed by atoms with Crippen molar-refractivity contribution in [3.63, 3.8) is 0 Å². The predicted molar refractivity (Wildman–Crippen MR) is 97.2 cm³/mol. The van der Waals surface area contributed by atoms with Gasteiger partial charge in [0, 0.05) is 26.2 Å². The summed E-state index contributed by atoms with van der Waals surface area (Å²) in [6, 6.07) is 2.95. The zero-order valence-electron chi connectivity index (χ0n) is 16.0. The lowest BCUT2D eigenvalue weighted by Gasteiger charge is -2.32. The van der Waals surface area contributed by atoms with Gasteiger partial charge in [-0.1, -0.05) is 6.07 Å². The molecule has 0 radical (unpaired) electrons. The Morgan fingerprint density at radius 3 is 2.76 bits per heavy atom. The molecule has 2 saturated heterocycles. The number of halogens is 4. The van der Waals surface area contributed by atoms with Crippen molar-refractivity contribution in [3.8, 4) is 0 Å². The number of hydrogen-bond acceptors (Lipinski definition) is 5. The number of hydrogen-bond donors (Lipinski definition) is 1. The second-order valence-corrected chi connectivity index (χ2v) is 9.49. The maximum absolute atomic E-state index is 13.9. The van der Waals surface area contributed by atoms with Crippen LogP contribution in [0, 0.1) is 5.82 Å². The molecular formula is C18H24F4N2O4S. The lowest BCUT2D eigenvalue weighted by atomic mass is 9.99. The van der Waals surface area contributed by atoms with Crippen molar-refractivity contribution in [3.05, 3.63) is 35.1 Å². The normalized spacial score (nSPS) is 26.7. The predicted octanol–water partition coefficient (Wildman–Crippen LogP) is 2.14. The summed E-state index contributed by atoms with van der Waals surface area (Å²) >= 11 is 0. The molecule has 2 aliphatic rings. The number of sulfonamides is 1. The van der Waals surface area contributed by atoms with Crippen molar-refractivity contribution in [2.45, 2.75) is 37.3 Å². The van der Waals surface area contributed by atoms with Crippen LogP contribution in [0.2, 0.25) is 0 Å². The maximum atomic E-state index is 13.9. The Morgan fingerprint density at radius 1 is 1.34 bits per heavy atom. The third kappa shape index (κ3) is 6.11. The molecule has 2 atom stereocenters. The highest BCUT2D eigenvalue weighted by atomic mass is 32.2. The van der Waals surface area contributed by atoms with Crippen LogP contribution >= 0.6 is 0 Å². The van der Waals surface area contributed by atoms with Crippen molar-refractivity contribution in [2.75, 3.05) is 39.1 Å². The number of ether oxygens (including phenoxy) is 2. The molecule has 3 rings (SSSR count). The van der Waals surface area contributed by atoms with Gasteiger partial charge in [-0.3, -0.25) is 4.90 Å². The highest BCUT2D eigenvalue weighted by Gasteiger charge is 2.43. The number of benzene rings is 1. The van der Waals surface area contributed by atoms with Crippen molar-refractivity contribution in [2.24, 2.45) is 0 Å². The van der Waals surface area contributed by atoms with Gasteiger partial charge in [-0.15, -0.1) is 0 Å². The van der Waals surface area contributed by atoms with Gasteiger partial charge in [0.2, 0.25) is 10.0 Å². The largest absolute Gasteiger partial charge is 0.419 e. The number of nitrogens with one attached hydrogen (secondary N) is 1. The number of alkyl halides is 3. The fourth-order valence-electron chi connectivity index (χ4n) is 3.77. The Bertz CT molecular complexity index is 834. The molecule has 0 amide bonds. The number of nitrogens with zero attached hydrogens (tertiary/aromatic N) is 1. The Labute approximate surface area is 167 Å². The fraction of sp³-hybridized carbons (Fsp3) is 0.667. The van der Waals surface area contributed by atoms with Crippen LogP contribution in [0.15, 0.2) is 18.2 Å². The average molecular weight is 440 g/mol. The topological polar surface area (TPSA) is 67.9 Å². The first-order chi connectivity index (χ1) is 13.5. The summed E-state index contributed by atoms with van der Waals surface area (Å²) in [7, 11) is -3.32. The van der Waals surface area contributed by atoms with E-state index in [0.29, 0.717) is 44.7 Å². The van der Waals surface area contributed by atoms with E-state index in [9.17, 15) is 26.0 Å². The van der Waals surface area contributed by atoms with Gasteiger partial charge >= 0.3 is 6.18 Å². The molecule has 6 nitrogen and oxygen atoms in total. The molecular weight excluding hydrogens is 416 g/mol. The molecule has 11 heteroatoms. The SMILES string of the molecule is CS(=O)(=O)NC[C@H]1CC[C@]2(COCCN(Cc3ccc(C(F)(F)F)c(F)c3)C2)O1. The highest BCUT2D eigenvalue weighted by molar-refractivity contribution is 7.88. The van der Waals surface area contributed by atoms with Gasteiger partial charge in [0.05, 0.1) is 31.1 Å². The van der Waals surface area contributed by atoms with Crippen LogP contribution < -0.4 is 4.72 Å². The average Bonchev–Trinajstić information content (AvgIpc) is 2.87. The molecule has 2 aliphatic heterocycles. The zero-order valence-corrected chi connectivity index (χ0v) is 16.8. The molecule has 1 aromatic rings. The molecule has 2 fully saturated rings. The van der Waals surface area contributed by atoms with Crippen LogP contribution in [-0.2, 0) is 32.2 Å². The van der Waals surface area contributed by atoms with Gasteiger partial charge in [-0.2, -0.15) is 13.2 Å². The smallest absolute Gasteiger partial charge is 0.377 e. The summed E-state index contributed by atoms with van der Waals surface area (Å²) in [5, 5.41) is 0. The fourth-order valence-corrected chi connectivity index (χ4v) is 4.26. The molecule has 0 saturated carbocycles. The van der Waals surface area contributed by atoms with Gasteiger partial charge in [0.25, 0.3) is 0 Å². The minimum absolute atomic E-state index is 0.171. The first-order valence-electron chi connectivity index (χ1n) is 9.24. The second kappa shape index (κ2) is 8.46. The van der Waals surface area contributed by atoms with Crippen molar-refractivity contribution in [1.29, 1.82) is 0 Å². The van der Waals surface area contributed by atoms with Gasteiger partial charge in [-0.25, -0.2) is 17.5 Å². The summed E-state index contributed by atoms with van der Waals surface area (Å²) in [6.07, 6.45) is -2.60. The van der Waals surface area contributed by atoms with E-state index in [1.54, 1.807) is 0 Å². The van der Waals surface area contributed by atoms with Crippen LogP contribution in [0.3, 0.4) is 0 Å². The van der Waals surface area contributed by atoms with Crippen molar-refractivity contribution < 1.29 is 35.5 Å². The molecule has 0 aromatic heterocycles. The summed E-state index contributed by atoms with van der Waals surface area (Å²) in [5.41, 5.74) is -1.47. The molecule has 1 spiro atoms. The summed E-state index contributed by atoms with van der Waals surface area (Å²) in [4.78, 5) is 1.96. The van der Waals surface area contributed by atoms with Gasteiger partial charge < -0.3 is 9.47 Å². The Kier molecular flexibility index (Phi) is 6.54. The van der Waals surface area contributed by atoms with Crippen LogP contribution in [0.4, 0.5) is 17.6 Å². The third-order valence-electron chi connectivity index (χ3n) is 5.09. The maximum Gasteiger partial charge on any atom is 0.419 e. The molecule has 1 N–H and O–H groups in total. The van der Waals surface area contributed by atoms with E-state index in [1.807, 2.05) is 4.90 Å². The molecule has 164 valence electrons. The quantitative estimate of drug-likeness (QED) is 0.711. The van der Waals surface area contributed by atoms with Gasteiger partial charge in [0.15, 0.2) is 0 Å². The summed E-state index contributed by atoms with van der Waals surface area (Å²) < 4.78 is 88.8. The number of rotatable bonds is 5. The Hall–Kier alpha value is -1.27. The van der Waals surface area contributed by atoms with E-state index in [-0.39, 0.29) is 19.2 Å². The van der Waals surface area contributed by atoms with E-state index in [4.69, 9.17) is 9.47 Å². The van der Waals surface area contributed by atoms with Gasteiger partial charge in [-0.05, 0) is 30.5 Å². The van der Waals surface area contributed by atoms with E-state index in [2.05, 4.69) is 4.72 Å². The minimum Gasteiger partial charge on any atom is -0.377 e. The lowest BCUT2D eigenvalue weighted by molar-refractivity contribution is -0.140. The first-order valence-corrected chi connectivity index (χ1v) is 11.1. The second-order valence-electron chi connectivity index (χ2n) is 7.66. The zero-order chi connectivity index (χ0) is 21.3. The van der Waals surface area contributed by atoms with Crippen LogP contribution in [-0.4, -0.2) is 64.1 Å². The van der Waals surface area contributed by atoms with E-state index >= 15 is 0 Å². The first kappa shape index (κ1) is 22.4. The van der Waals surface area contributed by atoms with Crippen molar-refractivity contribution in [1.82, 2.24) is 9.62 Å². The summed E-state index contributed by atoms with van der Waals surface area (Å²) in [6.45, 7) is 2.19. The minimum atomic E-state index is -4.73. The monoisotopic (exact) mass is 440 g/mol. The Balaban J connectivity index is 1.65. The van der Waals surface area contributed by atoms with Crippen LogP contribution in [0.1, 0.15) is 24.0 Å². The highest BCUT2D eigenvalue weighted by Crippen LogP contribution is 2.34. The molecule has 1 aromatic carbocycles. The molecule has 0 aliphatic carbocycles. The molecule has 0 bridgehead atoms.